The van der Waals surface area contributed by atoms with Gasteiger partial charge in [0, 0.05) is 5.56 Å². The minimum atomic E-state index is -2.88. The number of hydrogen-bond donors (Lipinski definition) is 3. The lowest BCUT2D eigenvalue weighted by Crippen LogP contribution is -2.43. The van der Waals surface area contributed by atoms with E-state index in [1.54, 1.807) is 13.0 Å². The van der Waals surface area contributed by atoms with E-state index in [0.29, 0.717) is 5.56 Å². The topological polar surface area (TPSA) is 94.8 Å². The number of aliphatic hydroxyl groups is 1. The summed E-state index contributed by atoms with van der Waals surface area (Å²) < 4.78 is 0. The Balaban J connectivity index is 3.34. The maximum Gasteiger partial charge on any atom is 0.352 e. The van der Waals surface area contributed by atoms with Crippen LogP contribution in [0.1, 0.15) is 11.1 Å². The van der Waals surface area contributed by atoms with Crippen molar-refractivity contribution < 1.29 is 24.9 Å². The largest absolute Gasteiger partial charge is 0.478 e. The third-order valence-electron chi connectivity index (χ3n) is 2.05. The maximum atomic E-state index is 10.7. The van der Waals surface area contributed by atoms with E-state index in [4.69, 9.17) is 10.2 Å². The molecule has 15 heavy (non-hydrogen) atoms. The standard InChI is InChI=1S/C10H10O5/c1-6-3-2-4-7(5-6)10(15,8(11)12)9(13)14/h2-5,15H,1H3,(H,11,12)(H,13,14). The predicted octanol–water partition coefficient (Wildman–Crippen LogP) is 0.352. The third-order valence-corrected chi connectivity index (χ3v) is 2.05. The van der Waals surface area contributed by atoms with Crippen molar-refractivity contribution in [2.45, 2.75) is 12.5 Å². The second kappa shape index (κ2) is 3.70. The summed E-state index contributed by atoms with van der Waals surface area (Å²) >= 11 is 0. The van der Waals surface area contributed by atoms with Crippen LogP contribution in [-0.4, -0.2) is 27.3 Å². The van der Waals surface area contributed by atoms with Crippen LogP contribution < -0.4 is 0 Å². The lowest BCUT2D eigenvalue weighted by molar-refractivity contribution is -0.177. The zero-order chi connectivity index (χ0) is 11.6. The highest BCUT2D eigenvalue weighted by Crippen LogP contribution is 2.22. The molecule has 0 bridgehead atoms. The van der Waals surface area contributed by atoms with E-state index in [0.717, 1.165) is 0 Å². The van der Waals surface area contributed by atoms with Crippen LogP contribution in [0.4, 0.5) is 0 Å². The van der Waals surface area contributed by atoms with Crippen molar-refractivity contribution in [1.82, 2.24) is 0 Å². The summed E-state index contributed by atoms with van der Waals surface area (Å²) in [7, 11) is 0. The first-order chi connectivity index (χ1) is 6.89. The average molecular weight is 210 g/mol. The summed E-state index contributed by atoms with van der Waals surface area (Å²) in [5.41, 5.74) is -2.37. The van der Waals surface area contributed by atoms with Crippen LogP contribution in [0.2, 0.25) is 0 Å². The molecule has 0 aliphatic heterocycles. The van der Waals surface area contributed by atoms with Gasteiger partial charge in [0.05, 0.1) is 0 Å². The van der Waals surface area contributed by atoms with Crippen molar-refractivity contribution >= 4 is 11.9 Å². The Kier molecular flexibility index (Phi) is 2.76. The van der Waals surface area contributed by atoms with E-state index < -0.39 is 17.5 Å². The molecule has 0 aliphatic rings. The fraction of sp³-hybridized carbons (Fsp3) is 0.200. The van der Waals surface area contributed by atoms with Crippen molar-refractivity contribution in [2.75, 3.05) is 0 Å². The molecular formula is C10H10O5. The molecule has 0 heterocycles. The van der Waals surface area contributed by atoms with Crippen LogP contribution in [0, 0.1) is 6.92 Å². The first-order valence-corrected chi connectivity index (χ1v) is 4.15. The number of carbonyl (C=O) groups is 2. The first-order valence-electron chi connectivity index (χ1n) is 4.15. The summed E-state index contributed by atoms with van der Waals surface area (Å²) in [4.78, 5) is 21.5. The van der Waals surface area contributed by atoms with Gasteiger partial charge >= 0.3 is 11.9 Å². The Hall–Kier alpha value is -1.88. The second-order valence-electron chi connectivity index (χ2n) is 3.19. The lowest BCUT2D eigenvalue weighted by Gasteiger charge is -2.18. The minimum absolute atomic E-state index is 0.164. The van der Waals surface area contributed by atoms with Gasteiger partial charge in [-0.3, -0.25) is 0 Å². The molecule has 80 valence electrons. The summed E-state index contributed by atoms with van der Waals surface area (Å²) in [5.74, 6) is -3.61. The summed E-state index contributed by atoms with van der Waals surface area (Å²) in [5, 5.41) is 27.0. The first kappa shape index (κ1) is 11.2. The molecule has 0 saturated heterocycles. The second-order valence-corrected chi connectivity index (χ2v) is 3.19. The molecule has 0 unspecified atom stereocenters. The molecule has 0 aromatic heterocycles. The number of benzene rings is 1. The van der Waals surface area contributed by atoms with Gasteiger partial charge in [-0.2, -0.15) is 0 Å². The molecule has 0 atom stereocenters. The molecule has 0 radical (unpaired) electrons. The van der Waals surface area contributed by atoms with Gasteiger partial charge in [-0.15, -0.1) is 0 Å². The Morgan fingerprint density at radius 1 is 1.20 bits per heavy atom. The van der Waals surface area contributed by atoms with Crippen molar-refractivity contribution in [3.63, 3.8) is 0 Å². The fourth-order valence-corrected chi connectivity index (χ4v) is 1.21. The highest BCUT2D eigenvalue weighted by Gasteiger charge is 2.46. The Morgan fingerprint density at radius 2 is 1.73 bits per heavy atom. The van der Waals surface area contributed by atoms with Crippen LogP contribution in [0.3, 0.4) is 0 Å². The van der Waals surface area contributed by atoms with Crippen molar-refractivity contribution in [3.8, 4) is 0 Å². The average Bonchev–Trinajstić information content (AvgIpc) is 2.15. The highest BCUT2D eigenvalue weighted by molar-refractivity contribution is 6.02. The van der Waals surface area contributed by atoms with Crippen LogP contribution in [0.15, 0.2) is 24.3 Å². The van der Waals surface area contributed by atoms with Gasteiger partial charge in [-0.05, 0) is 6.92 Å². The Labute approximate surface area is 85.6 Å². The Morgan fingerprint density at radius 3 is 2.13 bits per heavy atom. The van der Waals surface area contributed by atoms with Crippen molar-refractivity contribution in [2.24, 2.45) is 0 Å². The molecule has 5 heteroatoms. The van der Waals surface area contributed by atoms with Crippen molar-refractivity contribution in [1.29, 1.82) is 0 Å². The smallest absolute Gasteiger partial charge is 0.352 e. The Bertz CT molecular complexity index is 396. The van der Waals surface area contributed by atoms with E-state index in [-0.39, 0.29) is 5.56 Å². The van der Waals surface area contributed by atoms with Gasteiger partial charge < -0.3 is 15.3 Å². The zero-order valence-electron chi connectivity index (χ0n) is 7.97. The molecule has 1 aromatic carbocycles. The van der Waals surface area contributed by atoms with E-state index in [9.17, 15) is 14.7 Å². The summed E-state index contributed by atoms with van der Waals surface area (Å²) in [6.07, 6.45) is 0. The molecule has 5 nitrogen and oxygen atoms in total. The quantitative estimate of drug-likeness (QED) is 0.626. The number of aryl methyl sites for hydroxylation is 1. The van der Waals surface area contributed by atoms with Crippen LogP contribution in [0.5, 0.6) is 0 Å². The maximum absolute atomic E-state index is 10.7. The summed E-state index contributed by atoms with van der Waals surface area (Å²) in [6, 6.07) is 5.74. The minimum Gasteiger partial charge on any atom is -0.478 e. The molecule has 0 amide bonds. The monoisotopic (exact) mass is 210 g/mol. The van der Waals surface area contributed by atoms with E-state index in [2.05, 4.69) is 0 Å². The van der Waals surface area contributed by atoms with E-state index in [1.807, 2.05) is 0 Å². The van der Waals surface area contributed by atoms with Crippen LogP contribution >= 0.6 is 0 Å². The molecule has 3 N–H and O–H groups in total. The SMILES string of the molecule is Cc1cccc(C(O)(C(=O)O)C(=O)O)c1. The van der Waals surface area contributed by atoms with Gasteiger partial charge in [0.15, 0.2) is 0 Å². The number of aliphatic carboxylic acids is 2. The van der Waals surface area contributed by atoms with E-state index >= 15 is 0 Å². The number of carboxylic acid groups (broad SMARTS) is 2. The van der Waals surface area contributed by atoms with E-state index in [1.165, 1.54) is 18.2 Å². The molecular weight excluding hydrogens is 200 g/mol. The molecule has 0 fully saturated rings. The molecule has 1 aromatic rings. The lowest BCUT2D eigenvalue weighted by atomic mass is 9.93. The fourth-order valence-electron chi connectivity index (χ4n) is 1.21. The van der Waals surface area contributed by atoms with Gasteiger partial charge in [-0.1, -0.05) is 29.8 Å². The molecule has 0 spiro atoms. The third kappa shape index (κ3) is 1.82. The van der Waals surface area contributed by atoms with Crippen LogP contribution in [0.25, 0.3) is 0 Å². The summed E-state index contributed by atoms with van der Waals surface area (Å²) in [6.45, 7) is 1.67. The number of carboxylic acids is 2. The van der Waals surface area contributed by atoms with Crippen molar-refractivity contribution in [3.05, 3.63) is 35.4 Å². The molecule has 1 rings (SSSR count). The van der Waals surface area contributed by atoms with Gasteiger partial charge in [-0.25, -0.2) is 9.59 Å². The van der Waals surface area contributed by atoms with Gasteiger partial charge in [0.2, 0.25) is 0 Å². The van der Waals surface area contributed by atoms with Gasteiger partial charge in [0.1, 0.15) is 0 Å². The normalized spacial score (nSPS) is 11.1. The number of hydrogen-bond acceptors (Lipinski definition) is 3. The molecule has 0 aliphatic carbocycles. The zero-order valence-corrected chi connectivity index (χ0v) is 7.97. The van der Waals surface area contributed by atoms with Crippen LogP contribution in [-0.2, 0) is 15.2 Å². The predicted molar refractivity (Wildman–Crippen MR) is 50.3 cm³/mol. The van der Waals surface area contributed by atoms with Gasteiger partial charge in [0.25, 0.3) is 5.60 Å². The number of rotatable bonds is 3. The highest BCUT2D eigenvalue weighted by atomic mass is 16.4. The molecule has 0 saturated carbocycles.